The van der Waals surface area contributed by atoms with Crippen molar-refractivity contribution in [1.29, 1.82) is 0 Å². The smallest absolute Gasteiger partial charge is 0.261 e. The molecule has 1 aromatic rings. The molecule has 0 aromatic carbocycles. The molecule has 1 aromatic heterocycles. The van der Waals surface area contributed by atoms with Crippen molar-refractivity contribution < 1.29 is 17.9 Å². The van der Waals surface area contributed by atoms with E-state index < -0.39 is 10.0 Å². The van der Waals surface area contributed by atoms with E-state index in [4.69, 9.17) is 9.88 Å². The number of carbonyl (C=O) groups is 1. The van der Waals surface area contributed by atoms with Crippen LogP contribution in [-0.2, 0) is 14.8 Å². The average Bonchev–Trinajstić information content (AvgIpc) is 2.69. The van der Waals surface area contributed by atoms with Gasteiger partial charge in [0, 0.05) is 17.5 Å². The van der Waals surface area contributed by atoms with Crippen molar-refractivity contribution in [3.05, 3.63) is 15.8 Å². The molecule has 1 saturated heterocycles. The van der Waals surface area contributed by atoms with Gasteiger partial charge in [-0.05, 0) is 39.7 Å². The van der Waals surface area contributed by atoms with Crippen molar-refractivity contribution in [2.24, 2.45) is 5.14 Å². The number of rotatable bonds is 3. The normalized spacial score (nSPS) is 22.0. The van der Waals surface area contributed by atoms with Crippen LogP contribution in [0.1, 0.15) is 41.2 Å². The van der Waals surface area contributed by atoms with E-state index in [0.29, 0.717) is 16.4 Å². The number of aryl methyl sites for hydroxylation is 1. The zero-order valence-electron chi connectivity index (χ0n) is 12.3. The molecule has 0 spiro atoms. The molecular formula is C13H20N2O4S2. The van der Waals surface area contributed by atoms with Crippen molar-refractivity contribution in [3.8, 4) is 0 Å². The van der Waals surface area contributed by atoms with Crippen molar-refractivity contribution >= 4 is 27.3 Å². The Bertz CT molecular complexity index is 649. The molecule has 0 aliphatic carbocycles. The summed E-state index contributed by atoms with van der Waals surface area (Å²) in [5.74, 6) is -0.263. The lowest BCUT2D eigenvalue weighted by Gasteiger charge is -2.35. The first-order valence-electron chi connectivity index (χ1n) is 6.66. The SMILES string of the molecule is Cc1sc(C(=O)NC2CCOC(C)(C)C2)cc1S(N)(=O)=O. The van der Waals surface area contributed by atoms with Gasteiger partial charge in [0.2, 0.25) is 10.0 Å². The van der Waals surface area contributed by atoms with Gasteiger partial charge in [0.05, 0.1) is 15.4 Å². The van der Waals surface area contributed by atoms with Crippen LogP contribution in [0, 0.1) is 6.92 Å². The van der Waals surface area contributed by atoms with E-state index in [0.717, 1.165) is 24.2 Å². The predicted molar refractivity (Wildman–Crippen MR) is 80.9 cm³/mol. The molecule has 3 N–H and O–H groups in total. The lowest BCUT2D eigenvalue weighted by atomic mass is 9.94. The van der Waals surface area contributed by atoms with Crippen LogP contribution in [0.15, 0.2) is 11.0 Å². The Kier molecular flexibility index (Phi) is 4.44. The summed E-state index contributed by atoms with van der Waals surface area (Å²) in [7, 11) is -3.79. The van der Waals surface area contributed by atoms with Gasteiger partial charge < -0.3 is 10.1 Å². The first-order valence-corrected chi connectivity index (χ1v) is 9.03. The van der Waals surface area contributed by atoms with Gasteiger partial charge in [-0.2, -0.15) is 0 Å². The number of hydrogen-bond acceptors (Lipinski definition) is 5. The maximum Gasteiger partial charge on any atom is 0.261 e. The van der Waals surface area contributed by atoms with Gasteiger partial charge in [0.1, 0.15) is 0 Å². The first-order chi connectivity index (χ1) is 9.58. The first kappa shape index (κ1) is 16.4. The number of nitrogens with one attached hydrogen (secondary N) is 1. The topological polar surface area (TPSA) is 98.5 Å². The van der Waals surface area contributed by atoms with Gasteiger partial charge in [-0.25, -0.2) is 13.6 Å². The fourth-order valence-corrected chi connectivity index (χ4v) is 4.52. The van der Waals surface area contributed by atoms with E-state index >= 15 is 0 Å². The predicted octanol–water partition coefficient (Wildman–Crippen LogP) is 1.39. The molecule has 1 fully saturated rings. The Balaban J connectivity index is 2.11. The van der Waals surface area contributed by atoms with Crippen LogP contribution in [0.4, 0.5) is 0 Å². The van der Waals surface area contributed by atoms with Crippen LogP contribution in [0.25, 0.3) is 0 Å². The summed E-state index contributed by atoms with van der Waals surface area (Å²) in [5, 5.41) is 8.06. The molecule has 1 aliphatic heterocycles. The van der Waals surface area contributed by atoms with Crippen LogP contribution >= 0.6 is 11.3 Å². The molecule has 1 aliphatic rings. The monoisotopic (exact) mass is 332 g/mol. The summed E-state index contributed by atoms with van der Waals surface area (Å²) < 4.78 is 28.4. The van der Waals surface area contributed by atoms with Gasteiger partial charge in [-0.1, -0.05) is 0 Å². The van der Waals surface area contributed by atoms with E-state index in [-0.39, 0.29) is 22.4 Å². The molecule has 6 nitrogen and oxygen atoms in total. The number of carbonyl (C=O) groups excluding carboxylic acids is 1. The highest BCUT2D eigenvalue weighted by atomic mass is 32.2. The molecule has 1 amide bonds. The summed E-state index contributed by atoms with van der Waals surface area (Å²) in [6.45, 7) is 6.21. The molecule has 1 atom stereocenters. The van der Waals surface area contributed by atoms with Crippen molar-refractivity contribution in [3.63, 3.8) is 0 Å². The standard InChI is InChI=1S/C13H20N2O4S2/c1-8-11(21(14,17)18)6-10(20-8)12(16)15-9-4-5-19-13(2,3)7-9/h6,9H,4-5,7H2,1-3H3,(H,15,16)(H2,14,17,18). The Labute approximate surface area is 128 Å². The third-order valence-corrected chi connectivity index (χ3v) is 5.65. The number of nitrogens with two attached hydrogens (primary N) is 1. The highest BCUT2D eigenvalue weighted by Crippen LogP contribution is 2.27. The number of amides is 1. The van der Waals surface area contributed by atoms with E-state index in [9.17, 15) is 13.2 Å². The van der Waals surface area contributed by atoms with Crippen LogP contribution < -0.4 is 10.5 Å². The fourth-order valence-electron chi connectivity index (χ4n) is 2.47. The summed E-state index contributed by atoms with van der Waals surface area (Å²) >= 11 is 1.14. The molecule has 21 heavy (non-hydrogen) atoms. The minimum Gasteiger partial charge on any atom is -0.375 e. The van der Waals surface area contributed by atoms with Gasteiger partial charge in [-0.3, -0.25) is 4.79 Å². The average molecular weight is 332 g/mol. The van der Waals surface area contributed by atoms with E-state index in [1.54, 1.807) is 6.92 Å². The van der Waals surface area contributed by atoms with E-state index in [1.165, 1.54) is 6.07 Å². The van der Waals surface area contributed by atoms with E-state index in [1.807, 2.05) is 13.8 Å². The van der Waals surface area contributed by atoms with Crippen LogP contribution in [0.5, 0.6) is 0 Å². The van der Waals surface area contributed by atoms with Crippen LogP contribution in [0.3, 0.4) is 0 Å². The highest BCUT2D eigenvalue weighted by molar-refractivity contribution is 7.89. The van der Waals surface area contributed by atoms with Gasteiger partial charge >= 0.3 is 0 Å². The third kappa shape index (κ3) is 4.03. The van der Waals surface area contributed by atoms with Crippen molar-refractivity contribution in [2.75, 3.05) is 6.61 Å². The van der Waals surface area contributed by atoms with Crippen LogP contribution in [0.2, 0.25) is 0 Å². The molecule has 118 valence electrons. The quantitative estimate of drug-likeness (QED) is 0.874. The second kappa shape index (κ2) is 5.68. The molecular weight excluding hydrogens is 312 g/mol. The number of thiophene rings is 1. The molecule has 2 heterocycles. The Morgan fingerprint density at radius 3 is 2.71 bits per heavy atom. The zero-order valence-corrected chi connectivity index (χ0v) is 13.9. The number of primary sulfonamides is 1. The molecule has 2 rings (SSSR count). The minimum absolute atomic E-state index is 0.0185. The highest BCUT2D eigenvalue weighted by Gasteiger charge is 2.30. The number of ether oxygens (including phenoxy) is 1. The maximum absolute atomic E-state index is 12.2. The molecule has 0 saturated carbocycles. The third-order valence-electron chi connectivity index (χ3n) is 3.43. The lowest BCUT2D eigenvalue weighted by Crippen LogP contribution is -2.45. The van der Waals surface area contributed by atoms with Crippen molar-refractivity contribution in [2.45, 2.75) is 50.2 Å². The fraction of sp³-hybridized carbons (Fsp3) is 0.615. The Morgan fingerprint density at radius 1 is 1.52 bits per heavy atom. The summed E-state index contributed by atoms with van der Waals surface area (Å²) in [6.07, 6.45) is 1.48. The lowest BCUT2D eigenvalue weighted by molar-refractivity contribution is -0.0615. The largest absolute Gasteiger partial charge is 0.375 e. The van der Waals surface area contributed by atoms with Gasteiger partial charge in [0.25, 0.3) is 5.91 Å². The van der Waals surface area contributed by atoms with Crippen LogP contribution in [-0.4, -0.2) is 32.6 Å². The molecule has 0 bridgehead atoms. The summed E-state index contributed by atoms with van der Waals surface area (Å²) in [5.41, 5.74) is -0.257. The maximum atomic E-state index is 12.2. The van der Waals surface area contributed by atoms with Gasteiger partial charge in [-0.15, -0.1) is 11.3 Å². The molecule has 1 unspecified atom stereocenters. The number of hydrogen-bond donors (Lipinski definition) is 2. The summed E-state index contributed by atoms with van der Waals surface area (Å²) in [6, 6.07) is 1.37. The molecule has 8 heteroatoms. The Hall–Kier alpha value is -0.960. The number of sulfonamides is 1. The van der Waals surface area contributed by atoms with Gasteiger partial charge in [0.15, 0.2) is 0 Å². The zero-order chi connectivity index (χ0) is 15.8. The Morgan fingerprint density at radius 2 is 2.19 bits per heavy atom. The van der Waals surface area contributed by atoms with E-state index in [2.05, 4.69) is 5.32 Å². The summed E-state index contributed by atoms with van der Waals surface area (Å²) in [4.78, 5) is 13.1. The van der Waals surface area contributed by atoms with Crippen molar-refractivity contribution in [1.82, 2.24) is 5.32 Å². The second-order valence-corrected chi connectivity index (χ2v) is 8.63. The second-order valence-electron chi connectivity index (χ2n) is 5.85. The molecule has 0 radical (unpaired) electrons. The minimum atomic E-state index is -3.79.